The summed E-state index contributed by atoms with van der Waals surface area (Å²) in [5.41, 5.74) is 7.22. The van der Waals surface area contributed by atoms with Gasteiger partial charge in [0.15, 0.2) is 0 Å². The first-order valence-electron chi connectivity index (χ1n) is 5.76. The summed E-state index contributed by atoms with van der Waals surface area (Å²) in [5.74, 6) is 1.53. The Balaban J connectivity index is 1.89. The molecule has 1 aliphatic carbocycles. The molecular formula is C11H20N4. The second kappa shape index (κ2) is 4.31. The average molecular weight is 208 g/mol. The van der Waals surface area contributed by atoms with Gasteiger partial charge in [-0.25, -0.2) is 0 Å². The molecule has 1 fully saturated rings. The number of nitrogens with two attached hydrogens (primary N) is 1. The van der Waals surface area contributed by atoms with Crippen molar-refractivity contribution in [2.24, 2.45) is 24.6 Å². The van der Waals surface area contributed by atoms with Crippen molar-refractivity contribution in [1.29, 1.82) is 0 Å². The molecule has 15 heavy (non-hydrogen) atoms. The van der Waals surface area contributed by atoms with Crippen molar-refractivity contribution in [2.75, 3.05) is 0 Å². The third kappa shape index (κ3) is 2.56. The summed E-state index contributed by atoms with van der Waals surface area (Å²) >= 11 is 0. The predicted molar refractivity (Wildman–Crippen MR) is 59.2 cm³/mol. The highest BCUT2D eigenvalue weighted by molar-refractivity contribution is 4.97. The molecule has 0 bridgehead atoms. The van der Waals surface area contributed by atoms with Crippen molar-refractivity contribution in [3.8, 4) is 0 Å². The van der Waals surface area contributed by atoms with Gasteiger partial charge in [-0.1, -0.05) is 18.6 Å². The highest BCUT2D eigenvalue weighted by Crippen LogP contribution is 2.32. The summed E-state index contributed by atoms with van der Waals surface area (Å²) in [6.07, 6.45) is 6.71. The van der Waals surface area contributed by atoms with E-state index in [1.165, 1.54) is 19.3 Å². The smallest absolute Gasteiger partial charge is 0.0842 e. The van der Waals surface area contributed by atoms with E-state index in [1.807, 2.05) is 13.2 Å². The zero-order valence-electron chi connectivity index (χ0n) is 9.56. The standard InChI is InChI=1S/C11H20N4/c1-8-3-4-9(5-8)11(12)6-10-7-15(2)14-13-10/h7-9,11H,3-6,12H2,1-2H3. The number of nitrogens with zero attached hydrogens (tertiary/aromatic N) is 3. The van der Waals surface area contributed by atoms with E-state index in [1.54, 1.807) is 4.68 Å². The maximum absolute atomic E-state index is 6.21. The van der Waals surface area contributed by atoms with E-state index in [-0.39, 0.29) is 6.04 Å². The van der Waals surface area contributed by atoms with E-state index in [2.05, 4.69) is 17.2 Å². The van der Waals surface area contributed by atoms with Gasteiger partial charge in [0.25, 0.3) is 0 Å². The van der Waals surface area contributed by atoms with Crippen LogP contribution in [-0.4, -0.2) is 21.0 Å². The minimum atomic E-state index is 0.256. The topological polar surface area (TPSA) is 56.7 Å². The van der Waals surface area contributed by atoms with Crippen LogP contribution < -0.4 is 5.73 Å². The molecule has 0 aliphatic heterocycles. The Bertz CT molecular complexity index is 320. The summed E-state index contributed by atoms with van der Waals surface area (Å²) in [4.78, 5) is 0. The summed E-state index contributed by atoms with van der Waals surface area (Å²) in [6.45, 7) is 2.31. The number of hydrogen-bond acceptors (Lipinski definition) is 3. The third-order valence-electron chi connectivity index (χ3n) is 3.44. The fraction of sp³-hybridized carbons (Fsp3) is 0.818. The summed E-state index contributed by atoms with van der Waals surface area (Å²) in [6, 6.07) is 0.256. The molecule has 84 valence electrons. The average Bonchev–Trinajstić information content (AvgIpc) is 2.75. The number of aryl methyl sites for hydroxylation is 1. The van der Waals surface area contributed by atoms with E-state index < -0.39 is 0 Å². The monoisotopic (exact) mass is 208 g/mol. The van der Waals surface area contributed by atoms with Gasteiger partial charge in [0, 0.05) is 25.7 Å². The lowest BCUT2D eigenvalue weighted by Gasteiger charge is -2.17. The largest absolute Gasteiger partial charge is 0.327 e. The molecule has 2 N–H and O–H groups in total. The van der Waals surface area contributed by atoms with Crippen molar-refractivity contribution in [3.05, 3.63) is 11.9 Å². The Hall–Kier alpha value is -0.900. The van der Waals surface area contributed by atoms with Crippen LogP contribution in [0.2, 0.25) is 0 Å². The molecule has 1 aliphatic rings. The first kappa shape index (κ1) is 10.6. The normalized spacial score (nSPS) is 28.2. The van der Waals surface area contributed by atoms with Crippen LogP contribution in [0.1, 0.15) is 31.9 Å². The Morgan fingerprint density at radius 2 is 2.40 bits per heavy atom. The maximum Gasteiger partial charge on any atom is 0.0842 e. The summed E-state index contributed by atoms with van der Waals surface area (Å²) in [7, 11) is 1.89. The van der Waals surface area contributed by atoms with E-state index in [4.69, 9.17) is 5.73 Å². The summed E-state index contributed by atoms with van der Waals surface area (Å²) in [5, 5.41) is 8.00. The minimum absolute atomic E-state index is 0.256. The first-order valence-corrected chi connectivity index (χ1v) is 5.76. The third-order valence-corrected chi connectivity index (χ3v) is 3.44. The van der Waals surface area contributed by atoms with E-state index in [0.29, 0.717) is 5.92 Å². The zero-order valence-corrected chi connectivity index (χ0v) is 9.56. The molecule has 0 spiro atoms. The van der Waals surface area contributed by atoms with Crippen molar-refractivity contribution < 1.29 is 0 Å². The highest BCUT2D eigenvalue weighted by atomic mass is 15.4. The van der Waals surface area contributed by atoms with Gasteiger partial charge in [-0.05, 0) is 24.7 Å². The van der Waals surface area contributed by atoms with Crippen LogP contribution in [0.25, 0.3) is 0 Å². The van der Waals surface area contributed by atoms with Gasteiger partial charge in [0.05, 0.1) is 5.69 Å². The lowest BCUT2D eigenvalue weighted by molar-refractivity contribution is 0.412. The van der Waals surface area contributed by atoms with Gasteiger partial charge in [-0.2, -0.15) is 0 Å². The first-order chi connectivity index (χ1) is 7.15. The van der Waals surface area contributed by atoms with Crippen molar-refractivity contribution in [1.82, 2.24) is 15.0 Å². The molecule has 4 nitrogen and oxygen atoms in total. The highest BCUT2D eigenvalue weighted by Gasteiger charge is 2.26. The molecule has 3 unspecified atom stereocenters. The molecule has 0 saturated heterocycles. The van der Waals surface area contributed by atoms with Crippen molar-refractivity contribution >= 4 is 0 Å². The van der Waals surface area contributed by atoms with Gasteiger partial charge < -0.3 is 5.73 Å². The van der Waals surface area contributed by atoms with Gasteiger partial charge >= 0.3 is 0 Å². The molecule has 2 rings (SSSR count). The maximum atomic E-state index is 6.21. The molecule has 1 saturated carbocycles. The molecule has 0 amide bonds. The van der Waals surface area contributed by atoms with Crippen LogP contribution in [0.5, 0.6) is 0 Å². The Kier molecular flexibility index (Phi) is 3.05. The van der Waals surface area contributed by atoms with E-state index in [9.17, 15) is 0 Å². The molecule has 0 radical (unpaired) electrons. The van der Waals surface area contributed by atoms with Crippen LogP contribution in [0.15, 0.2) is 6.20 Å². The fourth-order valence-corrected chi connectivity index (χ4v) is 2.54. The van der Waals surface area contributed by atoms with Gasteiger partial charge in [0.1, 0.15) is 0 Å². The van der Waals surface area contributed by atoms with Crippen molar-refractivity contribution in [2.45, 2.75) is 38.6 Å². The van der Waals surface area contributed by atoms with Crippen LogP contribution in [0.4, 0.5) is 0 Å². The Morgan fingerprint density at radius 3 is 2.93 bits per heavy atom. The van der Waals surface area contributed by atoms with Crippen molar-refractivity contribution in [3.63, 3.8) is 0 Å². The predicted octanol–water partition coefficient (Wildman–Crippen LogP) is 1.12. The quantitative estimate of drug-likeness (QED) is 0.810. The van der Waals surface area contributed by atoms with E-state index >= 15 is 0 Å². The summed E-state index contributed by atoms with van der Waals surface area (Å²) < 4.78 is 1.74. The molecular weight excluding hydrogens is 188 g/mol. The SMILES string of the molecule is CC1CCC(C(N)Cc2cn(C)nn2)C1. The zero-order chi connectivity index (χ0) is 10.8. The lowest BCUT2D eigenvalue weighted by atomic mass is 9.94. The van der Waals surface area contributed by atoms with Crippen LogP contribution in [0.3, 0.4) is 0 Å². The minimum Gasteiger partial charge on any atom is -0.327 e. The van der Waals surface area contributed by atoms with Gasteiger partial charge in [0.2, 0.25) is 0 Å². The Labute approximate surface area is 90.8 Å². The molecule has 0 aromatic carbocycles. The lowest BCUT2D eigenvalue weighted by Crippen LogP contribution is -2.31. The molecule has 1 aromatic heterocycles. The second-order valence-electron chi connectivity index (χ2n) is 4.93. The fourth-order valence-electron chi connectivity index (χ4n) is 2.54. The number of aromatic nitrogens is 3. The molecule has 1 aromatic rings. The molecule has 4 heteroatoms. The Morgan fingerprint density at radius 1 is 1.60 bits per heavy atom. The van der Waals surface area contributed by atoms with Crippen LogP contribution in [0, 0.1) is 11.8 Å². The van der Waals surface area contributed by atoms with Crippen LogP contribution in [-0.2, 0) is 13.5 Å². The van der Waals surface area contributed by atoms with Gasteiger partial charge in [-0.15, -0.1) is 5.10 Å². The number of hydrogen-bond donors (Lipinski definition) is 1. The van der Waals surface area contributed by atoms with E-state index in [0.717, 1.165) is 18.0 Å². The second-order valence-corrected chi connectivity index (χ2v) is 4.93. The molecule has 1 heterocycles. The van der Waals surface area contributed by atoms with Gasteiger partial charge in [-0.3, -0.25) is 4.68 Å². The molecule has 3 atom stereocenters. The van der Waals surface area contributed by atoms with Crippen LogP contribution >= 0.6 is 0 Å². The number of rotatable bonds is 3.